The van der Waals surface area contributed by atoms with Crippen molar-refractivity contribution in [2.24, 2.45) is 11.8 Å². The molecule has 0 aromatic carbocycles. The van der Waals surface area contributed by atoms with E-state index >= 15 is 0 Å². The third-order valence-corrected chi connectivity index (χ3v) is 15.3. The number of hydrogen-bond donors (Lipinski definition) is 2. The van der Waals surface area contributed by atoms with Crippen LogP contribution in [0.5, 0.6) is 0 Å². The molecule has 0 amide bonds. The van der Waals surface area contributed by atoms with E-state index in [1.807, 2.05) is 13.8 Å². The first-order valence-electron chi connectivity index (χ1n) is 17.2. The Morgan fingerprint density at radius 3 is 1.15 bits per heavy atom. The van der Waals surface area contributed by atoms with Gasteiger partial charge >= 0.3 is 29.6 Å². The molecule has 0 aliphatic carbocycles. The maximum absolute atomic E-state index is 13.4. The van der Waals surface area contributed by atoms with Gasteiger partial charge in [0.15, 0.2) is 0 Å². The summed E-state index contributed by atoms with van der Waals surface area (Å²) >= 11 is 0. The standard InChI is InChI=1S/C32H58O11S2.Na.H/c1-7-11-13-25(9-3)23-27(5,44(33,34)35)29(15-19-39-29)31(17-21-41-31)43-32(18-22-42-32)30(16-20-40-30)28(6,45(36,37)38)24-26(10-4)14-12-8-2;;/h25-26H,7-24H2,1-6H3,(H,33,34,35)(H,36,37,38);;/q;+1;-1. The molecule has 266 valence electrons. The van der Waals surface area contributed by atoms with Crippen molar-refractivity contribution in [1.29, 1.82) is 0 Å². The molecule has 4 aliphatic heterocycles. The summed E-state index contributed by atoms with van der Waals surface area (Å²) in [6.07, 6.45) is 8.12. The minimum atomic E-state index is -4.72. The Balaban J connectivity index is 0.00000384. The molecule has 0 bridgehead atoms. The number of rotatable bonds is 20. The van der Waals surface area contributed by atoms with E-state index < -0.39 is 52.5 Å². The Morgan fingerprint density at radius 1 is 0.674 bits per heavy atom. The molecule has 0 radical (unpaired) electrons. The molecule has 46 heavy (non-hydrogen) atoms. The summed E-state index contributed by atoms with van der Waals surface area (Å²) in [5.41, 5.74) is -3.16. The molecular formula is C32H59NaO11S2. The van der Waals surface area contributed by atoms with Gasteiger partial charge in [-0.05, 0) is 38.5 Å². The summed E-state index contributed by atoms with van der Waals surface area (Å²) in [6, 6.07) is 0. The van der Waals surface area contributed by atoms with Crippen LogP contribution in [-0.2, 0) is 43.9 Å². The minimum Gasteiger partial charge on any atom is -1.00 e. The largest absolute Gasteiger partial charge is 1.00 e. The summed E-state index contributed by atoms with van der Waals surface area (Å²) in [5.74, 6) is -3.31. The Hall–Kier alpha value is 0.620. The van der Waals surface area contributed by atoms with Crippen LogP contribution >= 0.6 is 0 Å². The topological polar surface area (TPSA) is 155 Å². The Morgan fingerprint density at radius 2 is 0.978 bits per heavy atom. The summed E-state index contributed by atoms with van der Waals surface area (Å²) in [7, 11) is -9.43. The summed E-state index contributed by atoms with van der Waals surface area (Å²) < 4.78 is 104. The van der Waals surface area contributed by atoms with Gasteiger partial charge in [-0.3, -0.25) is 9.11 Å². The van der Waals surface area contributed by atoms with Crippen molar-refractivity contribution in [2.75, 3.05) is 26.4 Å². The average Bonchev–Trinajstić information content (AvgIpc) is 2.87. The van der Waals surface area contributed by atoms with E-state index in [9.17, 15) is 25.9 Å². The van der Waals surface area contributed by atoms with Crippen LogP contribution in [0.15, 0.2) is 0 Å². The molecule has 11 nitrogen and oxygen atoms in total. The number of hydrogen-bond acceptors (Lipinski definition) is 9. The van der Waals surface area contributed by atoms with Crippen LogP contribution in [0.25, 0.3) is 0 Å². The molecular weight excluding hydrogens is 647 g/mol. The van der Waals surface area contributed by atoms with Gasteiger partial charge in [0.05, 0.1) is 26.4 Å². The van der Waals surface area contributed by atoms with E-state index in [0.29, 0.717) is 0 Å². The van der Waals surface area contributed by atoms with E-state index in [1.165, 1.54) is 13.8 Å². The molecule has 4 aliphatic rings. The van der Waals surface area contributed by atoms with Gasteiger partial charge in [0.25, 0.3) is 20.2 Å². The zero-order valence-corrected chi connectivity index (χ0v) is 32.9. The molecule has 0 saturated carbocycles. The second-order valence-electron chi connectivity index (χ2n) is 14.3. The summed E-state index contributed by atoms with van der Waals surface area (Å²) in [5, 5.41) is 0. The van der Waals surface area contributed by atoms with Crippen molar-refractivity contribution in [3.63, 3.8) is 0 Å². The third-order valence-electron chi connectivity index (χ3n) is 12.0. The normalized spacial score (nSPS) is 35.1. The predicted molar refractivity (Wildman–Crippen MR) is 171 cm³/mol. The van der Waals surface area contributed by atoms with Gasteiger partial charge in [-0.15, -0.1) is 0 Å². The summed E-state index contributed by atoms with van der Waals surface area (Å²) in [4.78, 5) is 0. The number of unbranched alkanes of at least 4 members (excludes halogenated alkanes) is 2. The minimum absolute atomic E-state index is 0. The van der Waals surface area contributed by atoms with E-state index in [-0.39, 0.29) is 108 Å². The first kappa shape index (κ1) is 41.0. The molecule has 4 rings (SSSR count). The van der Waals surface area contributed by atoms with Crippen LogP contribution in [0.2, 0.25) is 0 Å². The van der Waals surface area contributed by atoms with Gasteiger partial charge < -0.3 is 25.1 Å². The Kier molecular flexibility index (Phi) is 13.5. The monoisotopic (exact) mass is 706 g/mol. The fourth-order valence-electron chi connectivity index (χ4n) is 8.60. The van der Waals surface area contributed by atoms with Crippen LogP contribution in [-0.4, -0.2) is 84.6 Å². The van der Waals surface area contributed by atoms with Crippen molar-refractivity contribution in [3.8, 4) is 0 Å². The van der Waals surface area contributed by atoms with Crippen LogP contribution in [0.1, 0.15) is 133 Å². The zero-order chi connectivity index (χ0) is 33.4. The van der Waals surface area contributed by atoms with Crippen LogP contribution in [0.4, 0.5) is 0 Å². The van der Waals surface area contributed by atoms with Gasteiger partial charge in [-0.2, -0.15) is 16.8 Å². The Bertz CT molecular complexity index is 1140. The smallest absolute Gasteiger partial charge is 1.00 e. The molecule has 0 aromatic heterocycles. The molecule has 2 N–H and O–H groups in total. The van der Waals surface area contributed by atoms with Crippen molar-refractivity contribution in [1.82, 2.24) is 0 Å². The van der Waals surface area contributed by atoms with Crippen LogP contribution in [0, 0.1) is 11.8 Å². The molecule has 0 aromatic rings. The molecule has 8 unspecified atom stereocenters. The van der Waals surface area contributed by atoms with Gasteiger partial charge in [-0.1, -0.05) is 79.1 Å². The first-order valence-corrected chi connectivity index (χ1v) is 20.1. The van der Waals surface area contributed by atoms with Gasteiger partial charge in [0.1, 0.15) is 20.7 Å². The van der Waals surface area contributed by atoms with Gasteiger partial charge in [0.2, 0.25) is 11.6 Å². The molecule has 0 spiro atoms. The zero-order valence-electron chi connectivity index (χ0n) is 30.3. The second-order valence-corrected chi connectivity index (χ2v) is 18.0. The van der Waals surface area contributed by atoms with E-state index in [2.05, 4.69) is 13.8 Å². The van der Waals surface area contributed by atoms with Crippen molar-refractivity contribution in [2.45, 2.75) is 164 Å². The number of ether oxygens (including phenoxy) is 5. The summed E-state index contributed by atoms with van der Waals surface area (Å²) in [6.45, 7) is 12.3. The first-order chi connectivity index (χ1) is 21.0. The molecule has 8 atom stereocenters. The van der Waals surface area contributed by atoms with Crippen molar-refractivity contribution < 1.29 is 80.6 Å². The van der Waals surface area contributed by atoms with Crippen LogP contribution < -0.4 is 29.6 Å². The van der Waals surface area contributed by atoms with Crippen molar-refractivity contribution in [3.05, 3.63) is 0 Å². The average molecular weight is 707 g/mol. The third kappa shape index (κ3) is 6.46. The predicted octanol–water partition coefficient (Wildman–Crippen LogP) is 3.18. The fraction of sp³-hybridized carbons (Fsp3) is 1.00. The van der Waals surface area contributed by atoms with Gasteiger partial charge in [-0.25, -0.2) is 0 Å². The van der Waals surface area contributed by atoms with Crippen molar-refractivity contribution >= 4 is 20.2 Å². The Labute approximate surface area is 301 Å². The molecule has 4 fully saturated rings. The molecule has 14 heteroatoms. The second kappa shape index (κ2) is 15.1. The quantitative estimate of drug-likeness (QED) is 0.142. The van der Waals surface area contributed by atoms with Gasteiger partial charge in [0, 0.05) is 25.7 Å². The van der Waals surface area contributed by atoms with Crippen LogP contribution in [0.3, 0.4) is 0 Å². The van der Waals surface area contributed by atoms with E-state index in [1.54, 1.807) is 0 Å². The van der Waals surface area contributed by atoms with E-state index in [0.717, 1.165) is 51.4 Å². The fourth-order valence-corrected chi connectivity index (χ4v) is 11.0. The van der Waals surface area contributed by atoms with E-state index in [4.69, 9.17) is 23.7 Å². The maximum atomic E-state index is 13.4. The SMILES string of the molecule is CCCCC(CC)CC(C)(C1(C2(OC3(C4(C(C)(CC(CC)CCCC)S(=O)(=O)O)CCO4)CCO3)CCO2)CCO1)S(=O)(=O)O.[H-].[Na+]. The molecule has 4 heterocycles. The molecule has 4 saturated heterocycles. The maximum Gasteiger partial charge on any atom is 1.00 e.